The van der Waals surface area contributed by atoms with Gasteiger partial charge in [-0.3, -0.25) is 4.79 Å². The van der Waals surface area contributed by atoms with Crippen molar-refractivity contribution in [3.63, 3.8) is 0 Å². The van der Waals surface area contributed by atoms with Crippen molar-refractivity contribution in [2.75, 3.05) is 56.9 Å². The largest absolute Gasteiger partial charge is 0.495 e. The molecule has 1 amide bonds. The standard InChI is InChI=1S/C28H32ClN7O2/c1-7-26(37)31-18-8-10-20-21(17-36(5)24(20)14-18)27-22(29)16-30-28(33-27)32-19-9-11-23(25(15-19)38-6)35(4)13-12-34(2)3/h7-11,14-17H,1,12-13H2,2-6H3,(H,31,37)(H,30,32,33). The topological polar surface area (TPSA) is 87.6 Å². The van der Waals surface area contributed by atoms with Gasteiger partial charge in [-0.15, -0.1) is 0 Å². The van der Waals surface area contributed by atoms with Gasteiger partial charge in [0.15, 0.2) is 0 Å². The molecule has 2 aromatic carbocycles. The summed E-state index contributed by atoms with van der Waals surface area (Å²) in [4.78, 5) is 25.2. The number of nitrogens with zero attached hydrogens (tertiary/aromatic N) is 5. The Morgan fingerprint density at radius 3 is 2.63 bits per heavy atom. The van der Waals surface area contributed by atoms with E-state index < -0.39 is 0 Å². The number of rotatable bonds is 10. The van der Waals surface area contributed by atoms with Crippen molar-refractivity contribution >= 4 is 51.4 Å². The number of fused-ring (bicyclic) bond motifs is 1. The van der Waals surface area contributed by atoms with E-state index in [0.717, 1.165) is 46.7 Å². The Balaban J connectivity index is 1.62. The minimum absolute atomic E-state index is 0.266. The molecule has 0 unspecified atom stereocenters. The lowest BCUT2D eigenvalue weighted by Crippen LogP contribution is -2.28. The van der Waals surface area contributed by atoms with E-state index in [1.165, 1.54) is 6.08 Å². The first-order chi connectivity index (χ1) is 18.2. The number of amides is 1. The molecule has 0 fully saturated rings. The first-order valence-electron chi connectivity index (χ1n) is 12.1. The molecule has 0 radical (unpaired) electrons. The van der Waals surface area contributed by atoms with Gasteiger partial charge in [0.05, 0.1) is 35.2 Å². The maximum Gasteiger partial charge on any atom is 0.247 e. The fraction of sp³-hybridized carbons (Fsp3) is 0.250. The first-order valence-corrected chi connectivity index (χ1v) is 12.4. The first kappa shape index (κ1) is 27.0. The Bertz CT molecular complexity index is 1480. The number of aryl methyl sites for hydroxylation is 1. The van der Waals surface area contributed by atoms with E-state index >= 15 is 0 Å². The van der Waals surface area contributed by atoms with Crippen LogP contribution in [0, 0.1) is 0 Å². The molecule has 0 aliphatic heterocycles. The van der Waals surface area contributed by atoms with Crippen LogP contribution in [0.2, 0.25) is 5.02 Å². The van der Waals surface area contributed by atoms with E-state index in [1.54, 1.807) is 13.3 Å². The van der Waals surface area contributed by atoms with Crippen LogP contribution in [0.25, 0.3) is 22.2 Å². The average Bonchev–Trinajstić information content (AvgIpc) is 3.23. The van der Waals surface area contributed by atoms with Gasteiger partial charge in [-0.05, 0) is 44.4 Å². The monoisotopic (exact) mass is 533 g/mol. The Morgan fingerprint density at radius 2 is 1.92 bits per heavy atom. The number of likely N-dealkylation sites (N-methyl/N-ethyl adjacent to an activating group) is 2. The second-order valence-electron chi connectivity index (χ2n) is 9.21. The molecular weight excluding hydrogens is 502 g/mol. The van der Waals surface area contributed by atoms with Crippen LogP contribution < -0.4 is 20.3 Å². The van der Waals surface area contributed by atoms with Gasteiger partial charge in [-0.2, -0.15) is 0 Å². The van der Waals surface area contributed by atoms with Crippen LogP contribution in [-0.2, 0) is 11.8 Å². The number of methoxy groups -OCH3 is 1. The Kier molecular flexibility index (Phi) is 8.19. The van der Waals surface area contributed by atoms with E-state index in [0.29, 0.717) is 22.4 Å². The van der Waals surface area contributed by atoms with Crippen LogP contribution in [-0.4, -0.2) is 66.7 Å². The van der Waals surface area contributed by atoms with Gasteiger partial charge in [-0.1, -0.05) is 24.2 Å². The highest BCUT2D eigenvalue weighted by atomic mass is 35.5. The van der Waals surface area contributed by atoms with Gasteiger partial charge in [0.25, 0.3) is 0 Å². The second kappa shape index (κ2) is 11.5. The molecule has 38 heavy (non-hydrogen) atoms. The van der Waals surface area contributed by atoms with Gasteiger partial charge < -0.3 is 29.7 Å². The summed E-state index contributed by atoms with van der Waals surface area (Å²) in [5, 5.41) is 7.45. The molecule has 2 heterocycles. The zero-order valence-electron chi connectivity index (χ0n) is 22.2. The Morgan fingerprint density at radius 1 is 1.16 bits per heavy atom. The van der Waals surface area contributed by atoms with Crippen LogP contribution in [0.4, 0.5) is 23.0 Å². The van der Waals surface area contributed by atoms with Crippen molar-refractivity contribution in [3.8, 4) is 17.0 Å². The molecule has 0 bridgehead atoms. The van der Waals surface area contributed by atoms with Crippen molar-refractivity contribution in [2.45, 2.75) is 0 Å². The Labute approximate surface area is 227 Å². The number of nitrogens with one attached hydrogen (secondary N) is 2. The maximum atomic E-state index is 11.7. The number of hydrogen-bond donors (Lipinski definition) is 2. The van der Waals surface area contributed by atoms with E-state index in [1.807, 2.05) is 61.3 Å². The van der Waals surface area contributed by atoms with Crippen molar-refractivity contribution in [1.82, 2.24) is 19.4 Å². The van der Waals surface area contributed by atoms with Crippen LogP contribution in [0.3, 0.4) is 0 Å². The lowest BCUT2D eigenvalue weighted by Gasteiger charge is -2.24. The third kappa shape index (κ3) is 5.90. The summed E-state index contributed by atoms with van der Waals surface area (Å²) in [6.45, 7) is 5.30. The number of carbonyl (C=O) groups is 1. The quantitative estimate of drug-likeness (QED) is 0.272. The van der Waals surface area contributed by atoms with Gasteiger partial charge in [0.2, 0.25) is 11.9 Å². The molecule has 9 nitrogen and oxygen atoms in total. The van der Waals surface area contributed by atoms with Gasteiger partial charge >= 0.3 is 0 Å². The predicted molar refractivity (Wildman–Crippen MR) is 156 cm³/mol. The average molecular weight is 534 g/mol. The van der Waals surface area contributed by atoms with Crippen molar-refractivity contribution in [2.24, 2.45) is 7.05 Å². The molecule has 0 aliphatic carbocycles. The molecule has 0 saturated carbocycles. The van der Waals surface area contributed by atoms with Gasteiger partial charge in [0, 0.05) is 61.8 Å². The number of hydrogen-bond acceptors (Lipinski definition) is 7. The third-order valence-corrected chi connectivity index (χ3v) is 6.45. The predicted octanol–water partition coefficient (Wildman–Crippen LogP) is 5.16. The molecule has 0 atom stereocenters. The highest BCUT2D eigenvalue weighted by molar-refractivity contribution is 6.33. The molecule has 0 saturated heterocycles. The highest BCUT2D eigenvalue weighted by Crippen LogP contribution is 2.36. The fourth-order valence-electron chi connectivity index (χ4n) is 4.13. The van der Waals surface area contributed by atoms with Crippen LogP contribution in [0.15, 0.2) is 61.4 Å². The fourth-order valence-corrected chi connectivity index (χ4v) is 4.32. The van der Waals surface area contributed by atoms with Gasteiger partial charge in [0.1, 0.15) is 5.75 Å². The minimum Gasteiger partial charge on any atom is -0.495 e. The number of benzene rings is 2. The number of aromatic nitrogens is 3. The zero-order chi connectivity index (χ0) is 27.4. The second-order valence-corrected chi connectivity index (χ2v) is 9.61. The maximum absolute atomic E-state index is 11.7. The summed E-state index contributed by atoms with van der Waals surface area (Å²) in [6, 6.07) is 11.6. The Hall–Kier alpha value is -4.08. The summed E-state index contributed by atoms with van der Waals surface area (Å²) < 4.78 is 7.63. The molecule has 4 aromatic rings. The number of halogens is 1. The highest BCUT2D eigenvalue weighted by Gasteiger charge is 2.16. The minimum atomic E-state index is -0.266. The number of anilines is 4. The van der Waals surface area contributed by atoms with Crippen molar-refractivity contribution in [1.29, 1.82) is 0 Å². The van der Waals surface area contributed by atoms with Crippen LogP contribution >= 0.6 is 11.6 Å². The molecule has 2 N–H and O–H groups in total. The van der Waals surface area contributed by atoms with E-state index in [4.69, 9.17) is 21.3 Å². The van der Waals surface area contributed by atoms with Crippen LogP contribution in [0.5, 0.6) is 5.75 Å². The molecule has 4 rings (SSSR count). The van der Waals surface area contributed by atoms with E-state index in [2.05, 4.69) is 46.1 Å². The lowest BCUT2D eigenvalue weighted by molar-refractivity contribution is -0.111. The molecule has 0 spiro atoms. The molecular formula is C28H32ClN7O2. The molecule has 198 valence electrons. The summed E-state index contributed by atoms with van der Waals surface area (Å²) in [5.41, 5.74) is 4.85. The normalized spacial score (nSPS) is 11.0. The molecule has 0 aliphatic rings. The zero-order valence-corrected chi connectivity index (χ0v) is 23.0. The van der Waals surface area contributed by atoms with E-state index in [9.17, 15) is 4.79 Å². The molecule has 2 aromatic heterocycles. The summed E-state index contributed by atoms with van der Waals surface area (Å²) >= 11 is 6.56. The van der Waals surface area contributed by atoms with Crippen molar-refractivity contribution in [3.05, 3.63) is 66.5 Å². The summed E-state index contributed by atoms with van der Waals surface area (Å²) in [7, 11) is 9.75. The summed E-state index contributed by atoms with van der Waals surface area (Å²) in [6.07, 6.45) is 4.79. The van der Waals surface area contributed by atoms with Gasteiger partial charge in [-0.25, -0.2) is 9.97 Å². The van der Waals surface area contributed by atoms with Crippen LogP contribution in [0.1, 0.15) is 0 Å². The smallest absolute Gasteiger partial charge is 0.247 e. The van der Waals surface area contributed by atoms with E-state index in [-0.39, 0.29) is 5.91 Å². The third-order valence-electron chi connectivity index (χ3n) is 6.17. The number of carbonyl (C=O) groups excluding carboxylic acids is 1. The summed E-state index contributed by atoms with van der Waals surface area (Å²) in [5.74, 6) is 0.893. The van der Waals surface area contributed by atoms with Crippen molar-refractivity contribution < 1.29 is 9.53 Å². The number of ether oxygens (including phenoxy) is 1. The molecule has 10 heteroatoms. The SMILES string of the molecule is C=CC(=O)Nc1ccc2c(-c3nc(Nc4ccc(N(C)CCN(C)C)c(OC)c4)ncc3Cl)cn(C)c2c1. The lowest BCUT2D eigenvalue weighted by atomic mass is 10.1.